The molecule has 0 spiro atoms. The van der Waals surface area contributed by atoms with E-state index in [-0.39, 0.29) is 16.7 Å². The molecule has 108 valence electrons. The lowest BCUT2D eigenvalue weighted by atomic mass is 10.2. The van der Waals surface area contributed by atoms with E-state index in [9.17, 15) is 8.42 Å². The van der Waals surface area contributed by atoms with E-state index in [1.165, 1.54) is 6.20 Å². The van der Waals surface area contributed by atoms with Gasteiger partial charge in [-0.15, -0.1) is 0 Å². The van der Waals surface area contributed by atoms with Gasteiger partial charge in [-0.05, 0) is 39.9 Å². The molecule has 0 saturated heterocycles. The van der Waals surface area contributed by atoms with Crippen molar-refractivity contribution in [2.75, 3.05) is 13.1 Å². The molecule has 0 aliphatic heterocycles. The van der Waals surface area contributed by atoms with E-state index in [1.807, 2.05) is 27.7 Å². The summed E-state index contributed by atoms with van der Waals surface area (Å²) < 4.78 is 27.3. The summed E-state index contributed by atoms with van der Waals surface area (Å²) >= 11 is 3.21. The average Bonchev–Trinajstić information content (AvgIpc) is 2.27. The van der Waals surface area contributed by atoms with E-state index in [4.69, 9.17) is 0 Å². The van der Waals surface area contributed by atoms with Crippen LogP contribution in [0.4, 0.5) is 0 Å². The van der Waals surface area contributed by atoms with Crippen molar-refractivity contribution >= 4 is 26.0 Å². The maximum absolute atomic E-state index is 12.6. The highest BCUT2D eigenvalue weighted by Crippen LogP contribution is 2.19. The Labute approximate surface area is 124 Å². The summed E-state index contributed by atoms with van der Waals surface area (Å²) in [6.45, 7) is 9.11. The van der Waals surface area contributed by atoms with Gasteiger partial charge in [-0.3, -0.25) is 0 Å². The maximum Gasteiger partial charge on any atom is 0.244 e. The number of pyridine rings is 1. The molecule has 0 amide bonds. The zero-order valence-electron chi connectivity index (χ0n) is 11.8. The quantitative estimate of drug-likeness (QED) is 0.742. The van der Waals surface area contributed by atoms with E-state index in [2.05, 4.69) is 20.9 Å². The molecule has 0 aliphatic carbocycles. The fourth-order valence-electron chi connectivity index (χ4n) is 1.75. The van der Waals surface area contributed by atoms with Gasteiger partial charge < -0.3 is 0 Å². The van der Waals surface area contributed by atoms with Crippen LogP contribution in [0, 0.1) is 11.8 Å². The summed E-state index contributed by atoms with van der Waals surface area (Å²) in [5, 5.41) is 0. The van der Waals surface area contributed by atoms with Gasteiger partial charge >= 0.3 is 0 Å². The minimum absolute atomic E-state index is 0.247. The van der Waals surface area contributed by atoms with Crippen LogP contribution >= 0.6 is 15.9 Å². The Morgan fingerprint density at radius 2 is 1.68 bits per heavy atom. The second-order valence-corrected chi connectivity index (χ2v) is 8.18. The molecule has 0 unspecified atom stereocenters. The third-order valence-corrected chi connectivity index (χ3v) is 4.76. The van der Waals surface area contributed by atoms with Crippen LogP contribution in [0.5, 0.6) is 0 Å². The van der Waals surface area contributed by atoms with Gasteiger partial charge in [-0.1, -0.05) is 27.7 Å². The third kappa shape index (κ3) is 4.85. The molecular weight excluding hydrogens is 328 g/mol. The minimum atomic E-state index is -3.46. The minimum Gasteiger partial charge on any atom is -0.248 e. The van der Waals surface area contributed by atoms with Crippen molar-refractivity contribution in [2.24, 2.45) is 11.8 Å². The van der Waals surface area contributed by atoms with Gasteiger partial charge in [0.25, 0.3) is 0 Å². The molecule has 0 saturated carbocycles. The van der Waals surface area contributed by atoms with Crippen molar-refractivity contribution in [1.82, 2.24) is 9.29 Å². The van der Waals surface area contributed by atoms with Gasteiger partial charge in [0.15, 0.2) is 0 Å². The molecule has 0 atom stereocenters. The number of aromatic nitrogens is 1. The van der Waals surface area contributed by atoms with Crippen LogP contribution in [0.2, 0.25) is 0 Å². The molecular formula is C13H21BrN2O2S. The van der Waals surface area contributed by atoms with Crippen LogP contribution in [-0.4, -0.2) is 30.8 Å². The van der Waals surface area contributed by atoms with Crippen LogP contribution < -0.4 is 0 Å². The fourth-order valence-corrected chi connectivity index (χ4v) is 3.70. The van der Waals surface area contributed by atoms with E-state index >= 15 is 0 Å². The first-order valence-corrected chi connectivity index (χ1v) is 8.58. The highest BCUT2D eigenvalue weighted by Gasteiger charge is 2.26. The molecule has 1 heterocycles. The van der Waals surface area contributed by atoms with Crippen LogP contribution in [-0.2, 0) is 10.0 Å². The van der Waals surface area contributed by atoms with Crippen LogP contribution in [0.3, 0.4) is 0 Å². The standard InChI is InChI=1S/C13H21BrN2O2S/c1-10(2)8-16(9-11(3)4)19(17,18)12-5-6-13(14)15-7-12/h5-7,10-11H,8-9H2,1-4H3. The maximum atomic E-state index is 12.6. The van der Waals surface area contributed by atoms with Gasteiger partial charge in [-0.2, -0.15) is 4.31 Å². The van der Waals surface area contributed by atoms with Crippen molar-refractivity contribution in [2.45, 2.75) is 32.6 Å². The number of hydrogen-bond donors (Lipinski definition) is 0. The van der Waals surface area contributed by atoms with Crippen molar-refractivity contribution in [3.05, 3.63) is 22.9 Å². The first kappa shape index (κ1) is 16.6. The number of sulfonamides is 1. The summed E-state index contributed by atoms with van der Waals surface area (Å²) in [6, 6.07) is 3.23. The lowest BCUT2D eigenvalue weighted by Gasteiger charge is -2.25. The van der Waals surface area contributed by atoms with Gasteiger partial charge in [0.1, 0.15) is 9.50 Å². The van der Waals surface area contributed by atoms with Crippen molar-refractivity contribution in [3.63, 3.8) is 0 Å². The smallest absolute Gasteiger partial charge is 0.244 e. The summed E-state index contributed by atoms with van der Waals surface area (Å²) in [7, 11) is -3.46. The SMILES string of the molecule is CC(C)CN(CC(C)C)S(=O)(=O)c1ccc(Br)nc1. The lowest BCUT2D eigenvalue weighted by Crippen LogP contribution is -2.37. The van der Waals surface area contributed by atoms with E-state index in [0.29, 0.717) is 17.7 Å². The Bertz CT molecular complexity index is 488. The van der Waals surface area contributed by atoms with Gasteiger partial charge in [0.05, 0.1) is 0 Å². The zero-order chi connectivity index (χ0) is 14.6. The predicted octanol–water partition coefficient (Wildman–Crippen LogP) is 3.15. The molecule has 0 fully saturated rings. The topological polar surface area (TPSA) is 50.3 Å². The Morgan fingerprint density at radius 3 is 2.05 bits per heavy atom. The van der Waals surface area contributed by atoms with E-state index < -0.39 is 10.0 Å². The van der Waals surface area contributed by atoms with Gasteiger partial charge in [-0.25, -0.2) is 13.4 Å². The summed E-state index contributed by atoms with van der Waals surface area (Å²) in [4.78, 5) is 4.24. The van der Waals surface area contributed by atoms with E-state index in [0.717, 1.165) is 0 Å². The highest BCUT2D eigenvalue weighted by atomic mass is 79.9. The first-order valence-electron chi connectivity index (χ1n) is 6.35. The van der Waals surface area contributed by atoms with Gasteiger partial charge in [0, 0.05) is 19.3 Å². The normalized spacial score (nSPS) is 12.6. The van der Waals surface area contributed by atoms with E-state index in [1.54, 1.807) is 16.4 Å². The Balaban J connectivity index is 3.07. The fraction of sp³-hybridized carbons (Fsp3) is 0.615. The third-order valence-electron chi connectivity index (χ3n) is 2.48. The summed E-state index contributed by atoms with van der Waals surface area (Å²) in [6.07, 6.45) is 1.40. The Hall–Kier alpha value is -0.460. The largest absolute Gasteiger partial charge is 0.248 e. The molecule has 0 aliphatic rings. The zero-order valence-corrected chi connectivity index (χ0v) is 14.2. The number of halogens is 1. The first-order chi connectivity index (χ1) is 8.73. The second-order valence-electron chi connectivity index (χ2n) is 5.43. The molecule has 19 heavy (non-hydrogen) atoms. The molecule has 0 radical (unpaired) electrons. The highest BCUT2D eigenvalue weighted by molar-refractivity contribution is 9.10. The Kier molecular flexibility index (Phi) is 5.95. The molecule has 4 nitrogen and oxygen atoms in total. The van der Waals surface area contributed by atoms with Crippen LogP contribution in [0.15, 0.2) is 27.8 Å². The number of rotatable bonds is 6. The van der Waals surface area contributed by atoms with Crippen LogP contribution in [0.1, 0.15) is 27.7 Å². The Morgan fingerprint density at radius 1 is 1.16 bits per heavy atom. The molecule has 1 aromatic heterocycles. The molecule has 1 aromatic rings. The molecule has 0 N–H and O–H groups in total. The van der Waals surface area contributed by atoms with Crippen LogP contribution in [0.25, 0.3) is 0 Å². The molecule has 0 bridgehead atoms. The predicted molar refractivity (Wildman–Crippen MR) is 80.4 cm³/mol. The number of hydrogen-bond acceptors (Lipinski definition) is 3. The summed E-state index contributed by atoms with van der Waals surface area (Å²) in [5.74, 6) is 0.578. The molecule has 0 aromatic carbocycles. The summed E-state index contributed by atoms with van der Waals surface area (Å²) in [5.41, 5.74) is 0. The number of nitrogens with zero attached hydrogens (tertiary/aromatic N) is 2. The van der Waals surface area contributed by atoms with Crippen molar-refractivity contribution < 1.29 is 8.42 Å². The lowest BCUT2D eigenvalue weighted by molar-refractivity contribution is 0.333. The van der Waals surface area contributed by atoms with Crippen molar-refractivity contribution in [3.8, 4) is 0 Å². The molecule has 6 heteroatoms. The molecule has 1 rings (SSSR count). The van der Waals surface area contributed by atoms with Gasteiger partial charge in [0.2, 0.25) is 10.0 Å². The van der Waals surface area contributed by atoms with Crippen molar-refractivity contribution in [1.29, 1.82) is 0 Å². The average molecular weight is 349 g/mol. The monoisotopic (exact) mass is 348 g/mol. The second kappa shape index (κ2) is 6.81.